The number of benzene rings is 2. The lowest BCUT2D eigenvalue weighted by Crippen LogP contribution is -2.31. The molecule has 1 fully saturated rings. The van der Waals surface area contributed by atoms with E-state index in [4.69, 9.17) is 9.47 Å². The van der Waals surface area contributed by atoms with Gasteiger partial charge in [0.1, 0.15) is 6.10 Å². The van der Waals surface area contributed by atoms with Gasteiger partial charge >= 0.3 is 0 Å². The summed E-state index contributed by atoms with van der Waals surface area (Å²) in [7, 11) is 0. The zero-order valence-corrected chi connectivity index (χ0v) is 11.6. The molecule has 1 aliphatic rings. The Morgan fingerprint density at radius 3 is 2.38 bits per heavy atom. The van der Waals surface area contributed by atoms with Crippen molar-refractivity contribution in [3.63, 3.8) is 0 Å². The number of hydrogen-bond acceptors (Lipinski definition) is 4. The Morgan fingerprint density at radius 1 is 1.00 bits per heavy atom. The van der Waals surface area contributed by atoms with E-state index in [1.807, 2.05) is 54.6 Å². The van der Waals surface area contributed by atoms with E-state index < -0.39 is 5.79 Å². The van der Waals surface area contributed by atoms with Crippen LogP contribution in [-0.2, 0) is 21.9 Å². The van der Waals surface area contributed by atoms with Crippen molar-refractivity contribution in [2.75, 3.05) is 13.2 Å². The van der Waals surface area contributed by atoms with Gasteiger partial charge in [0.15, 0.2) is 0 Å². The van der Waals surface area contributed by atoms with Crippen LogP contribution in [0.15, 0.2) is 54.6 Å². The smallest absolute Gasteiger partial charge is 0.223 e. The first-order valence-corrected chi connectivity index (χ1v) is 6.97. The summed E-state index contributed by atoms with van der Waals surface area (Å²) in [4.78, 5) is 0. The van der Waals surface area contributed by atoms with Gasteiger partial charge in [-0.25, -0.2) is 0 Å². The summed E-state index contributed by atoms with van der Waals surface area (Å²) in [5.74, 6) is -1.08. The van der Waals surface area contributed by atoms with Gasteiger partial charge < -0.3 is 19.7 Å². The summed E-state index contributed by atoms with van der Waals surface area (Å²) in [5.41, 5.74) is 2.37. The maximum atomic E-state index is 9.60. The summed E-state index contributed by atoms with van der Waals surface area (Å²) >= 11 is 0. The molecule has 0 spiro atoms. The maximum absolute atomic E-state index is 9.60. The van der Waals surface area contributed by atoms with Crippen LogP contribution < -0.4 is 0 Å². The highest BCUT2D eigenvalue weighted by atomic mass is 16.7. The molecule has 0 bridgehead atoms. The second kappa shape index (κ2) is 5.95. The normalized spacial score (nSPS) is 25.1. The summed E-state index contributed by atoms with van der Waals surface area (Å²) < 4.78 is 12.0. The average molecular weight is 286 g/mol. The highest BCUT2D eigenvalue weighted by Gasteiger charge is 2.45. The SMILES string of the molecule is OCc1ccccc1C1(c2ccccc2)OCC(CO)O1. The molecule has 0 amide bonds. The van der Waals surface area contributed by atoms with Crippen molar-refractivity contribution in [3.8, 4) is 0 Å². The molecule has 0 aliphatic carbocycles. The predicted octanol–water partition coefficient (Wildman–Crippen LogP) is 1.79. The number of ether oxygens (including phenoxy) is 2. The Bertz CT molecular complexity index is 599. The van der Waals surface area contributed by atoms with E-state index in [-0.39, 0.29) is 19.3 Å². The van der Waals surface area contributed by atoms with Gasteiger partial charge in [-0.1, -0.05) is 54.6 Å². The Morgan fingerprint density at radius 2 is 1.71 bits per heavy atom. The molecule has 2 N–H and O–H groups in total. The van der Waals surface area contributed by atoms with Crippen LogP contribution in [-0.4, -0.2) is 29.5 Å². The number of aliphatic hydroxyl groups is 2. The van der Waals surface area contributed by atoms with Crippen molar-refractivity contribution < 1.29 is 19.7 Å². The van der Waals surface area contributed by atoms with Crippen LogP contribution in [0.3, 0.4) is 0 Å². The van der Waals surface area contributed by atoms with Gasteiger partial charge in [0.25, 0.3) is 0 Å². The quantitative estimate of drug-likeness (QED) is 0.899. The molecule has 21 heavy (non-hydrogen) atoms. The van der Waals surface area contributed by atoms with Gasteiger partial charge in [-0.3, -0.25) is 0 Å². The first-order chi connectivity index (χ1) is 10.3. The lowest BCUT2D eigenvalue weighted by atomic mass is 9.93. The summed E-state index contributed by atoms with van der Waals surface area (Å²) in [5, 5.41) is 19.0. The largest absolute Gasteiger partial charge is 0.394 e. The fraction of sp³-hybridized carbons (Fsp3) is 0.294. The van der Waals surface area contributed by atoms with Crippen molar-refractivity contribution in [3.05, 3.63) is 71.3 Å². The standard InChI is InChI=1S/C17H18O4/c18-10-13-6-4-5-9-16(13)17(14-7-2-1-3-8-14)20-12-15(11-19)21-17/h1-9,15,18-19H,10-12H2. The topological polar surface area (TPSA) is 58.9 Å². The van der Waals surface area contributed by atoms with E-state index in [1.54, 1.807) is 0 Å². The molecular formula is C17H18O4. The lowest BCUT2D eigenvalue weighted by Gasteiger charge is -2.30. The Labute approximate surface area is 123 Å². The summed E-state index contributed by atoms with van der Waals surface area (Å²) in [6, 6.07) is 17.1. The fourth-order valence-electron chi connectivity index (χ4n) is 2.69. The Hall–Kier alpha value is -1.72. The second-order valence-corrected chi connectivity index (χ2v) is 5.03. The number of rotatable bonds is 4. The molecule has 4 heteroatoms. The van der Waals surface area contributed by atoms with Crippen molar-refractivity contribution in [2.24, 2.45) is 0 Å². The van der Waals surface area contributed by atoms with Crippen molar-refractivity contribution in [2.45, 2.75) is 18.5 Å². The highest BCUT2D eigenvalue weighted by molar-refractivity contribution is 5.39. The predicted molar refractivity (Wildman–Crippen MR) is 77.5 cm³/mol. The van der Waals surface area contributed by atoms with E-state index in [2.05, 4.69) is 0 Å². The van der Waals surface area contributed by atoms with Crippen LogP contribution in [0.25, 0.3) is 0 Å². The van der Waals surface area contributed by atoms with Crippen molar-refractivity contribution in [1.82, 2.24) is 0 Å². The molecule has 0 saturated carbocycles. The van der Waals surface area contributed by atoms with Gasteiger partial charge in [0.2, 0.25) is 5.79 Å². The molecule has 3 rings (SSSR count). The van der Waals surface area contributed by atoms with Gasteiger partial charge in [-0.2, -0.15) is 0 Å². The molecule has 2 aromatic rings. The highest BCUT2D eigenvalue weighted by Crippen LogP contribution is 2.41. The molecule has 0 radical (unpaired) electrons. The maximum Gasteiger partial charge on any atom is 0.223 e. The third-order valence-electron chi connectivity index (χ3n) is 3.70. The minimum atomic E-state index is -1.08. The molecule has 4 nitrogen and oxygen atoms in total. The minimum absolute atomic E-state index is 0.0960. The molecular weight excluding hydrogens is 268 g/mol. The van der Waals surface area contributed by atoms with Gasteiger partial charge in [0.05, 0.1) is 19.8 Å². The van der Waals surface area contributed by atoms with Crippen LogP contribution in [0.5, 0.6) is 0 Å². The van der Waals surface area contributed by atoms with Gasteiger partial charge in [-0.15, -0.1) is 0 Å². The molecule has 1 aliphatic heterocycles. The molecule has 1 saturated heterocycles. The van der Waals surface area contributed by atoms with Crippen LogP contribution in [0, 0.1) is 0 Å². The zero-order chi connectivity index (χ0) is 14.7. The Balaban J connectivity index is 2.14. The first-order valence-electron chi connectivity index (χ1n) is 6.97. The lowest BCUT2D eigenvalue weighted by molar-refractivity contribution is -0.147. The second-order valence-electron chi connectivity index (χ2n) is 5.03. The van der Waals surface area contributed by atoms with E-state index in [0.29, 0.717) is 6.61 Å². The number of aliphatic hydroxyl groups excluding tert-OH is 2. The third kappa shape index (κ3) is 2.47. The summed E-state index contributed by atoms with van der Waals surface area (Å²) in [6.45, 7) is 0.113. The van der Waals surface area contributed by atoms with E-state index in [9.17, 15) is 10.2 Å². The van der Waals surface area contributed by atoms with Gasteiger partial charge in [-0.05, 0) is 5.56 Å². The van der Waals surface area contributed by atoms with E-state index in [0.717, 1.165) is 16.7 Å². The molecule has 2 atom stereocenters. The molecule has 0 aromatic heterocycles. The molecule has 2 aromatic carbocycles. The van der Waals surface area contributed by atoms with Crippen molar-refractivity contribution in [1.29, 1.82) is 0 Å². The van der Waals surface area contributed by atoms with Crippen molar-refractivity contribution >= 4 is 0 Å². The molecule has 2 unspecified atom stereocenters. The monoisotopic (exact) mass is 286 g/mol. The van der Waals surface area contributed by atoms with Crippen LogP contribution in [0.4, 0.5) is 0 Å². The minimum Gasteiger partial charge on any atom is -0.394 e. The summed E-state index contributed by atoms with van der Waals surface area (Å²) in [6.07, 6.45) is -0.378. The van der Waals surface area contributed by atoms with E-state index >= 15 is 0 Å². The van der Waals surface area contributed by atoms with Crippen LogP contribution >= 0.6 is 0 Å². The van der Waals surface area contributed by atoms with Gasteiger partial charge in [0, 0.05) is 11.1 Å². The van der Waals surface area contributed by atoms with Crippen LogP contribution in [0.2, 0.25) is 0 Å². The Kier molecular flexibility index (Phi) is 4.03. The first kappa shape index (κ1) is 14.2. The number of hydrogen-bond donors (Lipinski definition) is 2. The average Bonchev–Trinajstić information content (AvgIpc) is 3.01. The third-order valence-corrected chi connectivity index (χ3v) is 3.70. The van der Waals surface area contributed by atoms with Crippen LogP contribution in [0.1, 0.15) is 16.7 Å². The fourth-order valence-corrected chi connectivity index (χ4v) is 2.69. The molecule has 110 valence electrons. The zero-order valence-electron chi connectivity index (χ0n) is 11.6. The van der Waals surface area contributed by atoms with E-state index in [1.165, 1.54) is 0 Å². The molecule has 1 heterocycles.